The molecule has 0 saturated carbocycles. The molecule has 0 spiro atoms. The van der Waals surface area contributed by atoms with Crippen molar-refractivity contribution in [2.75, 3.05) is 13.7 Å². The smallest absolute Gasteiger partial charge is 0.337 e. The molecule has 2 rings (SSSR count). The highest BCUT2D eigenvalue weighted by molar-refractivity contribution is 7.80. The minimum absolute atomic E-state index is 0.0925. The molecule has 2 aromatic carbocycles. The molecule has 27 heavy (non-hydrogen) atoms. The van der Waals surface area contributed by atoms with Crippen LogP contribution >= 0.6 is 12.2 Å². The summed E-state index contributed by atoms with van der Waals surface area (Å²) in [4.78, 5) is 35.1. The Morgan fingerprint density at radius 2 is 1.56 bits per heavy atom. The number of carbonyl (C=O) groups excluding carboxylic acids is 3. The van der Waals surface area contributed by atoms with E-state index >= 15 is 0 Å². The van der Waals surface area contributed by atoms with Gasteiger partial charge in [0.25, 0.3) is 11.8 Å². The second-order valence-corrected chi connectivity index (χ2v) is 5.54. The molecule has 140 valence electrons. The van der Waals surface area contributed by atoms with Gasteiger partial charge in [0.1, 0.15) is 5.75 Å². The van der Waals surface area contributed by atoms with E-state index in [1.807, 2.05) is 6.07 Å². The van der Waals surface area contributed by atoms with E-state index in [-0.39, 0.29) is 17.3 Å². The topological polar surface area (TPSA) is 106 Å². The second kappa shape index (κ2) is 9.88. The second-order valence-electron chi connectivity index (χ2n) is 5.13. The van der Waals surface area contributed by atoms with Crippen molar-refractivity contribution in [3.63, 3.8) is 0 Å². The number of methoxy groups -OCH3 is 1. The monoisotopic (exact) mass is 387 g/mol. The molecule has 0 unspecified atom stereocenters. The van der Waals surface area contributed by atoms with Crippen LogP contribution < -0.4 is 20.9 Å². The van der Waals surface area contributed by atoms with Crippen molar-refractivity contribution in [1.29, 1.82) is 0 Å². The summed E-state index contributed by atoms with van der Waals surface area (Å²) in [7, 11) is 1.27. The summed E-state index contributed by atoms with van der Waals surface area (Å²) in [6.07, 6.45) is 0. The molecule has 0 atom stereocenters. The van der Waals surface area contributed by atoms with E-state index in [1.165, 1.54) is 31.4 Å². The number of amides is 2. The van der Waals surface area contributed by atoms with Gasteiger partial charge in [-0.1, -0.05) is 18.2 Å². The average molecular weight is 387 g/mol. The van der Waals surface area contributed by atoms with E-state index in [0.29, 0.717) is 11.3 Å². The Labute approximate surface area is 160 Å². The Hall–Kier alpha value is -3.46. The number of hydrogen-bond donors (Lipinski definition) is 3. The van der Waals surface area contributed by atoms with Crippen LogP contribution in [0.3, 0.4) is 0 Å². The van der Waals surface area contributed by atoms with Crippen LogP contribution in [0.5, 0.6) is 5.75 Å². The lowest BCUT2D eigenvalue weighted by Gasteiger charge is -2.11. The Bertz CT molecular complexity index is 825. The van der Waals surface area contributed by atoms with Crippen LogP contribution in [0.2, 0.25) is 0 Å². The van der Waals surface area contributed by atoms with Crippen molar-refractivity contribution in [2.24, 2.45) is 0 Å². The van der Waals surface area contributed by atoms with Crippen molar-refractivity contribution in [3.05, 3.63) is 65.7 Å². The quantitative estimate of drug-likeness (QED) is 0.402. The van der Waals surface area contributed by atoms with Gasteiger partial charge in [0.05, 0.1) is 12.7 Å². The molecule has 0 aliphatic rings. The predicted molar refractivity (Wildman–Crippen MR) is 101 cm³/mol. The summed E-state index contributed by atoms with van der Waals surface area (Å²) < 4.78 is 9.85. The summed E-state index contributed by atoms with van der Waals surface area (Å²) >= 11 is 4.94. The van der Waals surface area contributed by atoms with E-state index < -0.39 is 17.8 Å². The van der Waals surface area contributed by atoms with E-state index in [1.54, 1.807) is 24.3 Å². The summed E-state index contributed by atoms with van der Waals surface area (Å²) in [6.45, 7) is -0.220. The first-order valence-electron chi connectivity index (χ1n) is 7.76. The fourth-order valence-corrected chi connectivity index (χ4v) is 2.05. The summed E-state index contributed by atoms with van der Waals surface area (Å²) in [5.41, 5.74) is 5.32. The lowest BCUT2D eigenvalue weighted by molar-refractivity contribution is -0.123. The van der Waals surface area contributed by atoms with Gasteiger partial charge in [0, 0.05) is 5.56 Å². The van der Waals surface area contributed by atoms with Gasteiger partial charge in [-0.05, 0) is 48.6 Å². The fourth-order valence-electron chi connectivity index (χ4n) is 1.91. The molecule has 2 amide bonds. The molecule has 2 aromatic rings. The zero-order valence-corrected chi connectivity index (χ0v) is 15.2. The number of thiocarbonyl (C=S) groups is 1. The van der Waals surface area contributed by atoms with Gasteiger partial charge >= 0.3 is 5.97 Å². The molecule has 0 bridgehead atoms. The van der Waals surface area contributed by atoms with Gasteiger partial charge in [-0.25, -0.2) is 4.79 Å². The van der Waals surface area contributed by atoms with E-state index in [4.69, 9.17) is 17.0 Å². The van der Waals surface area contributed by atoms with Gasteiger partial charge in [-0.3, -0.25) is 25.8 Å². The molecule has 0 radical (unpaired) electrons. The standard InChI is InChI=1S/C18H17N3O5S/c1-25-17(24)13-9-7-12(8-10-13)16(23)19-18(27)21-20-15(22)11-26-14-5-3-2-4-6-14/h2-10H,11H2,1H3,(H,20,22)(H2,19,21,23,27). The van der Waals surface area contributed by atoms with E-state index in [9.17, 15) is 14.4 Å². The van der Waals surface area contributed by atoms with Crippen LogP contribution in [0.25, 0.3) is 0 Å². The van der Waals surface area contributed by atoms with Gasteiger partial charge in [-0.15, -0.1) is 0 Å². The molecule has 0 aromatic heterocycles. The van der Waals surface area contributed by atoms with Crippen LogP contribution in [-0.2, 0) is 9.53 Å². The highest BCUT2D eigenvalue weighted by Gasteiger charge is 2.11. The van der Waals surface area contributed by atoms with E-state index in [0.717, 1.165) is 0 Å². The number of ether oxygens (including phenoxy) is 2. The predicted octanol–water partition coefficient (Wildman–Crippen LogP) is 1.19. The lowest BCUT2D eigenvalue weighted by Crippen LogP contribution is -2.49. The SMILES string of the molecule is COC(=O)c1ccc(C(=O)NC(=S)NNC(=O)COc2ccccc2)cc1. The fraction of sp³-hybridized carbons (Fsp3) is 0.111. The number of para-hydroxylation sites is 1. The van der Waals surface area contributed by atoms with Gasteiger partial charge in [0.15, 0.2) is 11.7 Å². The van der Waals surface area contributed by atoms with Crippen molar-refractivity contribution >= 4 is 35.1 Å². The average Bonchev–Trinajstić information content (AvgIpc) is 2.71. The third-order valence-electron chi connectivity index (χ3n) is 3.22. The molecule has 8 nitrogen and oxygen atoms in total. The third kappa shape index (κ3) is 6.40. The Balaban J connectivity index is 1.75. The van der Waals surface area contributed by atoms with Gasteiger partial charge < -0.3 is 9.47 Å². The zero-order valence-electron chi connectivity index (χ0n) is 14.4. The molecule has 0 saturated heterocycles. The van der Waals surface area contributed by atoms with E-state index in [2.05, 4.69) is 20.9 Å². The van der Waals surface area contributed by atoms with Crippen LogP contribution in [0.4, 0.5) is 0 Å². The zero-order chi connectivity index (χ0) is 19.6. The first-order valence-corrected chi connectivity index (χ1v) is 8.17. The number of rotatable bonds is 5. The maximum absolute atomic E-state index is 12.1. The number of hydrogen-bond acceptors (Lipinski definition) is 6. The highest BCUT2D eigenvalue weighted by Crippen LogP contribution is 2.07. The molecule has 0 aliphatic carbocycles. The van der Waals surface area contributed by atoms with Crippen molar-refractivity contribution < 1.29 is 23.9 Å². The minimum atomic E-state index is -0.501. The van der Waals surface area contributed by atoms with Gasteiger partial charge in [-0.2, -0.15) is 0 Å². The van der Waals surface area contributed by atoms with Crippen LogP contribution in [0.1, 0.15) is 20.7 Å². The Morgan fingerprint density at radius 1 is 0.926 bits per heavy atom. The first kappa shape index (κ1) is 19.9. The molecule has 3 N–H and O–H groups in total. The largest absolute Gasteiger partial charge is 0.484 e. The van der Waals surface area contributed by atoms with Crippen LogP contribution in [-0.4, -0.2) is 36.6 Å². The van der Waals surface area contributed by atoms with Crippen molar-refractivity contribution in [3.8, 4) is 5.75 Å². The van der Waals surface area contributed by atoms with Crippen LogP contribution in [0, 0.1) is 0 Å². The molecular weight excluding hydrogens is 370 g/mol. The molecule has 9 heteroatoms. The maximum Gasteiger partial charge on any atom is 0.337 e. The molecule has 0 aliphatic heterocycles. The first-order chi connectivity index (χ1) is 13.0. The summed E-state index contributed by atoms with van der Waals surface area (Å²) in [5.74, 6) is -0.921. The maximum atomic E-state index is 12.1. The molecule has 0 fully saturated rings. The molecule has 0 heterocycles. The van der Waals surface area contributed by atoms with Crippen molar-refractivity contribution in [2.45, 2.75) is 0 Å². The summed E-state index contributed by atoms with van der Waals surface area (Å²) in [6, 6.07) is 14.7. The Morgan fingerprint density at radius 3 is 2.19 bits per heavy atom. The normalized spacial score (nSPS) is 9.67. The number of nitrogens with one attached hydrogen (secondary N) is 3. The summed E-state index contributed by atoms with van der Waals surface area (Å²) in [5, 5.41) is 2.31. The number of carbonyl (C=O) groups is 3. The van der Waals surface area contributed by atoms with Gasteiger partial charge in [0.2, 0.25) is 0 Å². The van der Waals surface area contributed by atoms with Crippen LogP contribution in [0.15, 0.2) is 54.6 Å². The number of benzene rings is 2. The minimum Gasteiger partial charge on any atom is -0.484 e. The highest BCUT2D eigenvalue weighted by atomic mass is 32.1. The number of esters is 1. The third-order valence-corrected chi connectivity index (χ3v) is 3.43. The molecular formula is C18H17N3O5S. The number of hydrazine groups is 1. The van der Waals surface area contributed by atoms with Crippen molar-refractivity contribution in [1.82, 2.24) is 16.2 Å². The Kier molecular flexibility index (Phi) is 7.26. The lowest BCUT2D eigenvalue weighted by atomic mass is 10.1.